The third-order valence-corrected chi connectivity index (χ3v) is 3.46. The number of ether oxygens (including phenoxy) is 2. The SMILES string of the molecule is C=Cc1ccc(COCC2(CC)COC2)cc1. The average Bonchev–Trinajstić information content (AvgIpc) is 2.33. The van der Waals surface area contributed by atoms with Crippen molar-refractivity contribution in [2.24, 2.45) is 5.41 Å². The molecule has 1 heterocycles. The summed E-state index contributed by atoms with van der Waals surface area (Å²) in [5.74, 6) is 0. The van der Waals surface area contributed by atoms with Crippen molar-refractivity contribution < 1.29 is 9.47 Å². The third-order valence-electron chi connectivity index (χ3n) is 3.46. The van der Waals surface area contributed by atoms with Gasteiger partial charge in [0.25, 0.3) is 0 Å². The van der Waals surface area contributed by atoms with Crippen LogP contribution in [0.15, 0.2) is 30.8 Å². The predicted octanol–water partition coefficient (Wildman–Crippen LogP) is 3.27. The first kappa shape index (κ1) is 12.3. The highest BCUT2D eigenvalue weighted by Gasteiger charge is 2.36. The Hall–Kier alpha value is -1.12. The first-order chi connectivity index (χ1) is 8.28. The van der Waals surface area contributed by atoms with E-state index in [1.807, 2.05) is 6.08 Å². The molecule has 92 valence electrons. The molecule has 1 aliphatic heterocycles. The van der Waals surface area contributed by atoms with E-state index in [4.69, 9.17) is 9.47 Å². The van der Waals surface area contributed by atoms with Gasteiger partial charge in [-0.2, -0.15) is 0 Å². The summed E-state index contributed by atoms with van der Waals surface area (Å²) in [6.07, 6.45) is 2.98. The average molecular weight is 232 g/mol. The minimum Gasteiger partial charge on any atom is -0.380 e. The molecule has 1 saturated heterocycles. The maximum atomic E-state index is 5.79. The summed E-state index contributed by atoms with van der Waals surface area (Å²) < 4.78 is 11.1. The number of hydrogen-bond acceptors (Lipinski definition) is 2. The van der Waals surface area contributed by atoms with Gasteiger partial charge in [0.05, 0.1) is 26.4 Å². The van der Waals surface area contributed by atoms with Crippen LogP contribution in [0.5, 0.6) is 0 Å². The molecule has 17 heavy (non-hydrogen) atoms. The highest BCUT2D eigenvalue weighted by molar-refractivity contribution is 5.47. The molecule has 1 aliphatic rings. The Morgan fingerprint density at radius 2 is 2.06 bits per heavy atom. The minimum absolute atomic E-state index is 0.279. The fraction of sp³-hybridized carbons (Fsp3) is 0.467. The van der Waals surface area contributed by atoms with Crippen LogP contribution in [0.25, 0.3) is 6.08 Å². The summed E-state index contributed by atoms with van der Waals surface area (Å²) in [6.45, 7) is 9.11. The smallest absolute Gasteiger partial charge is 0.0717 e. The van der Waals surface area contributed by atoms with Crippen LogP contribution in [-0.4, -0.2) is 19.8 Å². The molecule has 0 aliphatic carbocycles. The first-order valence-corrected chi connectivity index (χ1v) is 6.15. The lowest BCUT2D eigenvalue weighted by atomic mass is 9.84. The molecule has 0 N–H and O–H groups in total. The predicted molar refractivity (Wildman–Crippen MR) is 69.7 cm³/mol. The molecule has 1 fully saturated rings. The molecular weight excluding hydrogens is 212 g/mol. The largest absolute Gasteiger partial charge is 0.380 e. The second-order valence-electron chi connectivity index (χ2n) is 4.78. The second kappa shape index (κ2) is 5.48. The van der Waals surface area contributed by atoms with Gasteiger partial charge in [-0.1, -0.05) is 43.8 Å². The van der Waals surface area contributed by atoms with E-state index in [-0.39, 0.29) is 5.41 Å². The lowest BCUT2D eigenvalue weighted by Crippen LogP contribution is -2.45. The summed E-state index contributed by atoms with van der Waals surface area (Å²) >= 11 is 0. The van der Waals surface area contributed by atoms with E-state index in [1.165, 1.54) is 5.56 Å². The fourth-order valence-electron chi connectivity index (χ4n) is 1.92. The molecule has 0 saturated carbocycles. The monoisotopic (exact) mass is 232 g/mol. The van der Waals surface area contributed by atoms with E-state index < -0.39 is 0 Å². The van der Waals surface area contributed by atoms with E-state index in [9.17, 15) is 0 Å². The highest BCUT2D eigenvalue weighted by atomic mass is 16.5. The molecule has 0 bridgehead atoms. The number of benzene rings is 1. The van der Waals surface area contributed by atoms with Crippen molar-refractivity contribution in [3.8, 4) is 0 Å². The van der Waals surface area contributed by atoms with Gasteiger partial charge in [-0.05, 0) is 17.5 Å². The van der Waals surface area contributed by atoms with Gasteiger partial charge in [0, 0.05) is 5.41 Å². The topological polar surface area (TPSA) is 18.5 Å². The van der Waals surface area contributed by atoms with Crippen LogP contribution < -0.4 is 0 Å². The quantitative estimate of drug-likeness (QED) is 0.749. The Morgan fingerprint density at radius 3 is 2.53 bits per heavy atom. The first-order valence-electron chi connectivity index (χ1n) is 6.15. The van der Waals surface area contributed by atoms with Crippen molar-refractivity contribution in [1.82, 2.24) is 0 Å². The molecule has 0 unspecified atom stereocenters. The van der Waals surface area contributed by atoms with Gasteiger partial charge in [-0.25, -0.2) is 0 Å². The van der Waals surface area contributed by atoms with Gasteiger partial charge < -0.3 is 9.47 Å². The molecule has 1 aromatic rings. The molecule has 2 rings (SSSR count). The van der Waals surface area contributed by atoms with E-state index in [2.05, 4.69) is 37.8 Å². The number of hydrogen-bond donors (Lipinski definition) is 0. The van der Waals surface area contributed by atoms with Crippen LogP contribution in [0, 0.1) is 5.41 Å². The van der Waals surface area contributed by atoms with Crippen molar-refractivity contribution in [3.63, 3.8) is 0 Å². The van der Waals surface area contributed by atoms with Gasteiger partial charge in [0.2, 0.25) is 0 Å². The summed E-state index contributed by atoms with van der Waals surface area (Å²) in [7, 11) is 0. The summed E-state index contributed by atoms with van der Waals surface area (Å²) in [4.78, 5) is 0. The zero-order valence-electron chi connectivity index (χ0n) is 10.4. The Labute approximate surface area is 103 Å². The van der Waals surface area contributed by atoms with Crippen LogP contribution in [-0.2, 0) is 16.1 Å². The van der Waals surface area contributed by atoms with Crippen LogP contribution >= 0.6 is 0 Å². The zero-order valence-corrected chi connectivity index (χ0v) is 10.4. The Kier molecular flexibility index (Phi) is 3.97. The maximum Gasteiger partial charge on any atom is 0.0717 e. The van der Waals surface area contributed by atoms with E-state index >= 15 is 0 Å². The van der Waals surface area contributed by atoms with Gasteiger partial charge >= 0.3 is 0 Å². The molecule has 0 aromatic heterocycles. The van der Waals surface area contributed by atoms with Crippen molar-refractivity contribution in [2.45, 2.75) is 20.0 Å². The van der Waals surface area contributed by atoms with Gasteiger partial charge in [-0.3, -0.25) is 0 Å². The molecular formula is C15H20O2. The highest BCUT2D eigenvalue weighted by Crippen LogP contribution is 2.31. The van der Waals surface area contributed by atoms with Crippen molar-refractivity contribution >= 4 is 6.08 Å². The molecule has 0 atom stereocenters. The molecule has 2 heteroatoms. The standard InChI is InChI=1S/C15H20O2/c1-3-13-5-7-14(8-6-13)9-16-10-15(4-2)11-17-12-15/h3,5-8H,1,4,9-12H2,2H3. The van der Waals surface area contributed by atoms with Crippen LogP contribution in [0.3, 0.4) is 0 Å². The Morgan fingerprint density at radius 1 is 1.35 bits per heavy atom. The minimum atomic E-state index is 0.279. The van der Waals surface area contributed by atoms with Gasteiger partial charge in [-0.15, -0.1) is 0 Å². The van der Waals surface area contributed by atoms with Crippen LogP contribution in [0.1, 0.15) is 24.5 Å². The summed E-state index contributed by atoms with van der Waals surface area (Å²) in [6, 6.07) is 8.31. The maximum absolute atomic E-state index is 5.79. The Bertz CT molecular complexity index is 358. The van der Waals surface area contributed by atoms with Crippen molar-refractivity contribution in [2.75, 3.05) is 19.8 Å². The number of rotatable bonds is 6. The second-order valence-corrected chi connectivity index (χ2v) is 4.78. The fourth-order valence-corrected chi connectivity index (χ4v) is 1.92. The zero-order chi connectivity index (χ0) is 12.1. The normalized spacial score (nSPS) is 17.5. The Balaban J connectivity index is 1.79. The van der Waals surface area contributed by atoms with E-state index in [0.717, 1.165) is 31.8 Å². The van der Waals surface area contributed by atoms with Crippen molar-refractivity contribution in [1.29, 1.82) is 0 Å². The van der Waals surface area contributed by atoms with Gasteiger partial charge in [0.1, 0.15) is 0 Å². The third kappa shape index (κ3) is 2.96. The van der Waals surface area contributed by atoms with Crippen LogP contribution in [0.4, 0.5) is 0 Å². The van der Waals surface area contributed by atoms with Crippen molar-refractivity contribution in [3.05, 3.63) is 42.0 Å². The molecule has 0 amide bonds. The summed E-state index contributed by atoms with van der Waals surface area (Å²) in [5.41, 5.74) is 2.63. The molecule has 0 spiro atoms. The van der Waals surface area contributed by atoms with Crippen LogP contribution in [0.2, 0.25) is 0 Å². The molecule has 2 nitrogen and oxygen atoms in total. The van der Waals surface area contributed by atoms with E-state index in [0.29, 0.717) is 6.61 Å². The molecule has 1 aromatic carbocycles. The van der Waals surface area contributed by atoms with E-state index in [1.54, 1.807) is 0 Å². The lowest BCUT2D eigenvalue weighted by Gasteiger charge is -2.40. The lowest BCUT2D eigenvalue weighted by molar-refractivity contribution is -0.152. The molecule has 0 radical (unpaired) electrons. The van der Waals surface area contributed by atoms with Gasteiger partial charge in [0.15, 0.2) is 0 Å². The summed E-state index contributed by atoms with van der Waals surface area (Å²) in [5, 5.41) is 0.